The number of hydrogen-bond donors (Lipinski definition) is 1. The van der Waals surface area contributed by atoms with Crippen molar-refractivity contribution in [1.82, 2.24) is 0 Å². The second kappa shape index (κ2) is 5.04. The molecule has 1 aromatic rings. The summed E-state index contributed by atoms with van der Waals surface area (Å²) in [5.74, 6) is -0.382. The van der Waals surface area contributed by atoms with Crippen LogP contribution in [-0.4, -0.2) is 25.5 Å². The Hall–Kier alpha value is -1.47. The molecule has 6 nitrogen and oxygen atoms in total. The molecule has 7 heteroatoms. The summed E-state index contributed by atoms with van der Waals surface area (Å²) in [5.41, 5.74) is 0.610. The van der Waals surface area contributed by atoms with Crippen molar-refractivity contribution in [2.45, 2.75) is 13.3 Å². The summed E-state index contributed by atoms with van der Waals surface area (Å²) in [6, 6.07) is 2.84. The first-order chi connectivity index (χ1) is 7.43. The van der Waals surface area contributed by atoms with Crippen molar-refractivity contribution < 1.29 is 26.5 Å². The van der Waals surface area contributed by atoms with E-state index in [0.717, 1.165) is 12.4 Å². The van der Waals surface area contributed by atoms with Gasteiger partial charge in [-0.2, -0.15) is 0 Å². The number of carbonyl (C=O) groups excluding carboxylic acids is 1. The average Bonchev–Trinajstić information content (AvgIpc) is 2.17. The number of rotatable bonds is 4. The molecule has 0 saturated heterocycles. The Kier molecular flexibility index (Phi) is 3.97. The highest BCUT2D eigenvalue weighted by Crippen LogP contribution is 1.98. The highest BCUT2D eigenvalue weighted by atomic mass is 32.2. The van der Waals surface area contributed by atoms with Gasteiger partial charge in [-0.3, -0.25) is 4.79 Å². The molecule has 88 valence electrons. The molecule has 1 rings (SSSR count). The third-order valence-electron chi connectivity index (χ3n) is 1.79. The molecule has 0 saturated carbocycles. The smallest absolute Gasteiger partial charge is 0.466 e. The Balaban J connectivity index is 2.76. The lowest BCUT2D eigenvalue weighted by atomic mass is 10.2. The van der Waals surface area contributed by atoms with Crippen molar-refractivity contribution in [1.29, 1.82) is 0 Å². The van der Waals surface area contributed by atoms with E-state index in [4.69, 9.17) is 9.29 Å². The minimum absolute atomic E-state index is 0.0696. The predicted molar refractivity (Wildman–Crippen MR) is 53.9 cm³/mol. The van der Waals surface area contributed by atoms with Gasteiger partial charge in [0.2, 0.25) is 0 Å². The molecule has 0 aliphatic rings. The summed E-state index contributed by atoms with van der Waals surface area (Å²) >= 11 is 0. The summed E-state index contributed by atoms with van der Waals surface area (Å²) in [4.78, 5) is 11.1. The second-order valence-corrected chi connectivity index (χ2v) is 4.31. The van der Waals surface area contributed by atoms with E-state index in [1.165, 1.54) is 12.1 Å². The molecule has 1 aromatic heterocycles. The highest BCUT2D eigenvalue weighted by molar-refractivity contribution is 7.79. The Morgan fingerprint density at radius 1 is 1.44 bits per heavy atom. The van der Waals surface area contributed by atoms with E-state index in [0.29, 0.717) is 16.1 Å². The number of esters is 1. The minimum atomic E-state index is -4.26. The SMILES string of the molecule is CCOC(=O)Cc1cc[n+](S(=O)(=O)O)cc1. The van der Waals surface area contributed by atoms with Gasteiger partial charge < -0.3 is 4.74 Å². The van der Waals surface area contributed by atoms with Gasteiger partial charge in [0.15, 0.2) is 12.4 Å². The molecule has 0 aromatic carbocycles. The standard InChI is InChI=1S/C9H11NO5S/c1-2-15-9(11)7-8-3-5-10(6-4-8)16(12,13)14/h3-6H,2,7H2,1H3/p+1. The van der Waals surface area contributed by atoms with E-state index >= 15 is 0 Å². The molecule has 0 amide bonds. The molecule has 0 bridgehead atoms. The van der Waals surface area contributed by atoms with E-state index in [-0.39, 0.29) is 12.4 Å². The predicted octanol–water partition coefficient (Wildman–Crippen LogP) is -0.269. The van der Waals surface area contributed by atoms with E-state index in [1.54, 1.807) is 6.92 Å². The van der Waals surface area contributed by atoms with Crippen molar-refractivity contribution in [2.75, 3.05) is 6.61 Å². The molecule has 0 atom stereocenters. The summed E-state index contributed by atoms with van der Waals surface area (Å²) in [7, 11) is -4.26. The number of pyridine rings is 1. The maximum atomic E-state index is 11.1. The molecule has 0 fully saturated rings. The van der Waals surface area contributed by atoms with Gasteiger partial charge in [0, 0.05) is 12.1 Å². The number of nitrogens with zero attached hydrogens (tertiary/aromatic N) is 1. The van der Waals surface area contributed by atoms with Crippen molar-refractivity contribution in [2.24, 2.45) is 0 Å². The Labute approximate surface area is 93.4 Å². The lowest BCUT2D eigenvalue weighted by Crippen LogP contribution is -2.41. The zero-order valence-electron chi connectivity index (χ0n) is 8.66. The molecule has 0 unspecified atom stereocenters. The zero-order chi connectivity index (χ0) is 12.2. The van der Waals surface area contributed by atoms with Gasteiger partial charge in [0.05, 0.1) is 13.0 Å². The lowest BCUT2D eigenvalue weighted by molar-refractivity contribution is -0.519. The van der Waals surface area contributed by atoms with E-state index in [9.17, 15) is 13.2 Å². The Morgan fingerprint density at radius 2 is 2.00 bits per heavy atom. The fraction of sp³-hybridized carbons (Fsp3) is 0.333. The number of aromatic nitrogens is 1. The van der Waals surface area contributed by atoms with Crippen LogP contribution in [0.5, 0.6) is 0 Å². The van der Waals surface area contributed by atoms with Gasteiger partial charge in [-0.15, -0.1) is 8.42 Å². The van der Waals surface area contributed by atoms with Crippen molar-refractivity contribution >= 4 is 16.3 Å². The van der Waals surface area contributed by atoms with E-state index in [1.807, 2.05) is 0 Å². The van der Waals surface area contributed by atoms with Gasteiger partial charge in [0.1, 0.15) is 0 Å². The topological polar surface area (TPSA) is 84.5 Å². The van der Waals surface area contributed by atoms with Crippen LogP contribution in [0.2, 0.25) is 0 Å². The fourth-order valence-electron chi connectivity index (χ4n) is 1.09. The monoisotopic (exact) mass is 246 g/mol. The van der Waals surface area contributed by atoms with E-state index in [2.05, 4.69) is 0 Å². The Bertz CT molecular complexity index is 465. The molecule has 16 heavy (non-hydrogen) atoms. The molecule has 0 radical (unpaired) electrons. The second-order valence-electron chi connectivity index (χ2n) is 3.00. The van der Waals surface area contributed by atoms with E-state index < -0.39 is 10.3 Å². The first kappa shape index (κ1) is 12.6. The van der Waals surface area contributed by atoms with Crippen LogP contribution < -0.4 is 3.97 Å². The van der Waals surface area contributed by atoms with Crippen LogP contribution in [0.15, 0.2) is 24.5 Å². The van der Waals surface area contributed by atoms with Gasteiger partial charge in [0.25, 0.3) is 0 Å². The number of ether oxygens (including phenoxy) is 1. The van der Waals surface area contributed by atoms with Gasteiger partial charge in [-0.1, -0.05) is 3.97 Å². The molecular weight excluding hydrogens is 234 g/mol. The van der Waals surface area contributed by atoms with Crippen LogP contribution in [-0.2, 0) is 26.3 Å². The molecule has 0 spiro atoms. The largest absolute Gasteiger partial charge is 0.511 e. The summed E-state index contributed by atoms with van der Waals surface area (Å²) in [6.45, 7) is 2.01. The van der Waals surface area contributed by atoms with Crippen molar-refractivity contribution in [3.63, 3.8) is 0 Å². The van der Waals surface area contributed by atoms with Crippen LogP contribution in [0.1, 0.15) is 12.5 Å². The quantitative estimate of drug-likeness (QED) is 0.449. The molecule has 0 aliphatic carbocycles. The normalized spacial score (nSPS) is 11.1. The number of hydrogen-bond acceptors (Lipinski definition) is 4. The van der Waals surface area contributed by atoms with Crippen LogP contribution in [0.4, 0.5) is 0 Å². The third kappa shape index (κ3) is 3.59. The first-order valence-electron chi connectivity index (χ1n) is 4.57. The van der Waals surface area contributed by atoms with Crippen LogP contribution in [0, 0.1) is 0 Å². The fourth-order valence-corrected chi connectivity index (χ4v) is 1.52. The lowest BCUT2D eigenvalue weighted by Gasteiger charge is -2.00. The van der Waals surface area contributed by atoms with Crippen LogP contribution >= 0.6 is 0 Å². The average molecular weight is 246 g/mol. The molecule has 1 N–H and O–H groups in total. The van der Waals surface area contributed by atoms with Crippen molar-refractivity contribution in [3.8, 4) is 0 Å². The molecule has 1 heterocycles. The minimum Gasteiger partial charge on any atom is -0.466 e. The number of carbonyl (C=O) groups is 1. The highest BCUT2D eigenvalue weighted by Gasteiger charge is 2.16. The molecule has 0 aliphatic heterocycles. The third-order valence-corrected chi connectivity index (χ3v) is 2.57. The zero-order valence-corrected chi connectivity index (χ0v) is 9.48. The Morgan fingerprint density at radius 3 is 2.44 bits per heavy atom. The van der Waals surface area contributed by atoms with Gasteiger partial charge >= 0.3 is 16.3 Å². The maximum absolute atomic E-state index is 11.1. The van der Waals surface area contributed by atoms with Gasteiger partial charge in [-0.05, 0) is 12.5 Å². The summed E-state index contributed by atoms with van der Waals surface area (Å²) < 4.78 is 35.5. The van der Waals surface area contributed by atoms with Crippen LogP contribution in [0.25, 0.3) is 0 Å². The van der Waals surface area contributed by atoms with Crippen molar-refractivity contribution in [3.05, 3.63) is 30.1 Å². The first-order valence-corrected chi connectivity index (χ1v) is 5.97. The molecular formula is C9H12NO5S+. The summed E-state index contributed by atoms with van der Waals surface area (Å²) in [6.07, 6.45) is 2.38. The van der Waals surface area contributed by atoms with Crippen LogP contribution in [0.3, 0.4) is 0 Å². The summed E-state index contributed by atoms with van der Waals surface area (Å²) in [5, 5.41) is 0. The van der Waals surface area contributed by atoms with Gasteiger partial charge in [-0.25, -0.2) is 4.55 Å². The maximum Gasteiger partial charge on any atom is 0.511 e.